The van der Waals surface area contributed by atoms with E-state index < -0.39 is 0 Å². The van der Waals surface area contributed by atoms with Gasteiger partial charge in [-0.05, 0) is 51.1 Å². The van der Waals surface area contributed by atoms with Gasteiger partial charge in [-0.2, -0.15) is 11.8 Å². The van der Waals surface area contributed by atoms with Crippen LogP contribution in [0.1, 0.15) is 26.3 Å². The molecule has 4 nitrogen and oxygen atoms in total. The van der Waals surface area contributed by atoms with E-state index in [0.29, 0.717) is 5.75 Å². The number of thioether (sulfide) groups is 1. The first-order chi connectivity index (χ1) is 9.96. The van der Waals surface area contributed by atoms with Crippen LogP contribution in [0.3, 0.4) is 0 Å². The Labute approximate surface area is 132 Å². The molecule has 0 aromatic heterocycles. The highest BCUT2D eigenvalue weighted by Gasteiger charge is 2.15. The van der Waals surface area contributed by atoms with Crippen LogP contribution in [0.2, 0.25) is 0 Å². The number of nitrogens with zero attached hydrogens (tertiary/aromatic N) is 1. The lowest BCUT2D eigenvalue weighted by atomic mass is 10.1. The average molecular weight is 309 g/mol. The summed E-state index contributed by atoms with van der Waals surface area (Å²) in [7, 11) is 0. The second-order valence-electron chi connectivity index (χ2n) is 5.51. The molecule has 0 heterocycles. The van der Waals surface area contributed by atoms with Gasteiger partial charge in [0.05, 0.1) is 6.54 Å². The quantitative estimate of drug-likeness (QED) is 0.535. The summed E-state index contributed by atoms with van der Waals surface area (Å²) in [6.45, 7) is 8.85. The van der Waals surface area contributed by atoms with E-state index in [-0.39, 0.29) is 4.75 Å². The van der Waals surface area contributed by atoms with E-state index in [9.17, 15) is 5.11 Å². The van der Waals surface area contributed by atoms with Gasteiger partial charge in [-0.1, -0.05) is 12.1 Å². The lowest BCUT2D eigenvalue weighted by Crippen LogP contribution is -2.39. The number of hydrogen-bond donors (Lipinski definition) is 3. The normalized spacial score (nSPS) is 12.3. The Kier molecular flexibility index (Phi) is 7.43. The number of aliphatic imine (C=N–C) groups is 1. The largest absolute Gasteiger partial charge is 0.508 e. The maximum absolute atomic E-state index is 9.45. The lowest BCUT2D eigenvalue weighted by molar-refractivity contribution is 0.474. The molecule has 0 aliphatic rings. The minimum absolute atomic E-state index is 0.146. The molecule has 0 radical (unpaired) electrons. The van der Waals surface area contributed by atoms with E-state index in [1.807, 2.05) is 23.9 Å². The van der Waals surface area contributed by atoms with Crippen molar-refractivity contribution in [1.82, 2.24) is 10.6 Å². The van der Waals surface area contributed by atoms with Crippen molar-refractivity contribution < 1.29 is 5.11 Å². The molecule has 0 spiro atoms. The van der Waals surface area contributed by atoms with Crippen LogP contribution in [0.4, 0.5) is 0 Å². The van der Waals surface area contributed by atoms with Crippen molar-refractivity contribution in [2.24, 2.45) is 4.99 Å². The predicted octanol–water partition coefficient (Wildman–Crippen LogP) is 2.63. The van der Waals surface area contributed by atoms with Gasteiger partial charge in [0.2, 0.25) is 0 Å². The molecule has 0 aliphatic carbocycles. The summed E-state index contributed by atoms with van der Waals surface area (Å²) in [5, 5.41) is 16.0. The van der Waals surface area contributed by atoms with E-state index in [1.165, 1.54) is 0 Å². The first kappa shape index (κ1) is 17.7. The van der Waals surface area contributed by atoms with Crippen LogP contribution in [0, 0.1) is 0 Å². The number of phenolic OH excluding ortho intramolecular Hbond substituents is 1. The standard InChI is InChI=1S/C16H27N3OS/c1-5-17-15(19-12-16(2,3)21-4)18-10-9-13-7-6-8-14(20)11-13/h6-8,11,20H,5,9-10,12H2,1-4H3,(H2,17,18,19). The smallest absolute Gasteiger partial charge is 0.191 e. The molecule has 0 amide bonds. The molecule has 0 saturated heterocycles. The van der Waals surface area contributed by atoms with E-state index in [0.717, 1.165) is 37.6 Å². The summed E-state index contributed by atoms with van der Waals surface area (Å²) >= 11 is 1.82. The van der Waals surface area contributed by atoms with Crippen molar-refractivity contribution in [2.75, 3.05) is 25.9 Å². The van der Waals surface area contributed by atoms with Crippen molar-refractivity contribution in [3.63, 3.8) is 0 Å². The van der Waals surface area contributed by atoms with Crippen LogP contribution < -0.4 is 10.6 Å². The summed E-state index contributed by atoms with van der Waals surface area (Å²) in [5.74, 6) is 1.16. The Hall–Kier alpha value is -1.36. The Morgan fingerprint density at radius 3 is 2.71 bits per heavy atom. The summed E-state index contributed by atoms with van der Waals surface area (Å²) in [4.78, 5) is 4.63. The third-order valence-corrected chi connectivity index (χ3v) is 4.37. The summed E-state index contributed by atoms with van der Waals surface area (Å²) in [6.07, 6.45) is 2.96. The number of guanidine groups is 1. The SMILES string of the molecule is CCNC(=NCC(C)(C)SC)NCCc1cccc(O)c1. The maximum Gasteiger partial charge on any atom is 0.191 e. The van der Waals surface area contributed by atoms with Gasteiger partial charge in [0, 0.05) is 17.8 Å². The van der Waals surface area contributed by atoms with Gasteiger partial charge in [-0.3, -0.25) is 4.99 Å². The summed E-state index contributed by atoms with van der Waals surface area (Å²) < 4.78 is 0.146. The van der Waals surface area contributed by atoms with Crippen LogP contribution in [-0.4, -0.2) is 41.7 Å². The Bertz CT molecular complexity index is 461. The monoisotopic (exact) mass is 309 g/mol. The number of rotatable bonds is 7. The van der Waals surface area contributed by atoms with Gasteiger partial charge < -0.3 is 15.7 Å². The number of phenols is 1. The van der Waals surface area contributed by atoms with Gasteiger partial charge >= 0.3 is 0 Å². The topological polar surface area (TPSA) is 56.7 Å². The zero-order valence-electron chi connectivity index (χ0n) is 13.4. The van der Waals surface area contributed by atoms with E-state index in [4.69, 9.17) is 0 Å². The Balaban J connectivity index is 2.49. The van der Waals surface area contributed by atoms with Crippen molar-refractivity contribution >= 4 is 17.7 Å². The highest BCUT2D eigenvalue weighted by molar-refractivity contribution is 7.99. The van der Waals surface area contributed by atoms with Crippen molar-refractivity contribution in [1.29, 1.82) is 0 Å². The molecule has 0 atom stereocenters. The number of nitrogens with one attached hydrogen (secondary N) is 2. The van der Waals surface area contributed by atoms with Crippen LogP contribution >= 0.6 is 11.8 Å². The molecule has 21 heavy (non-hydrogen) atoms. The summed E-state index contributed by atoms with van der Waals surface area (Å²) in [6, 6.07) is 7.36. The van der Waals surface area contributed by atoms with Crippen LogP contribution in [0.5, 0.6) is 5.75 Å². The highest BCUT2D eigenvalue weighted by Crippen LogP contribution is 2.20. The zero-order valence-corrected chi connectivity index (χ0v) is 14.3. The average Bonchev–Trinajstić information content (AvgIpc) is 2.45. The predicted molar refractivity (Wildman–Crippen MR) is 93.4 cm³/mol. The molecule has 0 saturated carbocycles. The summed E-state index contributed by atoms with van der Waals surface area (Å²) in [5.41, 5.74) is 1.11. The Morgan fingerprint density at radius 2 is 2.10 bits per heavy atom. The minimum atomic E-state index is 0.146. The number of benzene rings is 1. The molecule has 0 fully saturated rings. The van der Waals surface area contributed by atoms with Gasteiger partial charge in [-0.15, -0.1) is 0 Å². The number of hydrogen-bond acceptors (Lipinski definition) is 3. The second-order valence-corrected chi connectivity index (χ2v) is 7.02. The molecule has 1 rings (SSSR count). The highest BCUT2D eigenvalue weighted by atomic mass is 32.2. The fourth-order valence-corrected chi connectivity index (χ4v) is 1.91. The molecule has 5 heteroatoms. The molecule has 0 aliphatic heterocycles. The van der Waals surface area contributed by atoms with E-state index in [2.05, 4.69) is 42.7 Å². The van der Waals surface area contributed by atoms with Crippen molar-refractivity contribution in [3.8, 4) is 5.75 Å². The van der Waals surface area contributed by atoms with Crippen molar-refractivity contribution in [3.05, 3.63) is 29.8 Å². The van der Waals surface area contributed by atoms with Crippen molar-refractivity contribution in [2.45, 2.75) is 31.9 Å². The van der Waals surface area contributed by atoms with E-state index >= 15 is 0 Å². The van der Waals surface area contributed by atoms with Gasteiger partial charge in [0.15, 0.2) is 5.96 Å². The molecule has 1 aromatic rings. The molecule has 118 valence electrons. The van der Waals surface area contributed by atoms with Crippen LogP contribution in [0.15, 0.2) is 29.3 Å². The van der Waals surface area contributed by atoms with Gasteiger partial charge in [0.25, 0.3) is 0 Å². The molecular formula is C16H27N3OS. The first-order valence-corrected chi connectivity index (χ1v) is 8.54. The number of aromatic hydroxyl groups is 1. The van der Waals surface area contributed by atoms with Crippen LogP contribution in [0.25, 0.3) is 0 Å². The van der Waals surface area contributed by atoms with Gasteiger partial charge in [-0.25, -0.2) is 0 Å². The third-order valence-electron chi connectivity index (χ3n) is 3.13. The molecular weight excluding hydrogens is 282 g/mol. The third kappa shape index (κ3) is 7.27. The molecule has 0 bridgehead atoms. The lowest BCUT2D eigenvalue weighted by Gasteiger charge is -2.20. The molecule has 3 N–H and O–H groups in total. The fraction of sp³-hybridized carbons (Fsp3) is 0.562. The maximum atomic E-state index is 9.45. The first-order valence-electron chi connectivity index (χ1n) is 7.32. The van der Waals surface area contributed by atoms with Gasteiger partial charge in [0.1, 0.15) is 5.75 Å². The van der Waals surface area contributed by atoms with E-state index in [1.54, 1.807) is 12.1 Å². The molecule has 1 aromatic carbocycles. The minimum Gasteiger partial charge on any atom is -0.508 e. The Morgan fingerprint density at radius 1 is 1.33 bits per heavy atom. The fourth-order valence-electron chi connectivity index (χ4n) is 1.71. The second kappa shape index (κ2) is 8.82. The zero-order chi connectivity index (χ0) is 15.7. The molecule has 0 unspecified atom stereocenters. The van der Waals surface area contributed by atoms with Crippen LogP contribution in [-0.2, 0) is 6.42 Å².